The molecule has 0 aromatic rings. The zero-order chi connectivity index (χ0) is 11.3. The number of carbonyl (C=O) groups is 1. The Kier molecular flexibility index (Phi) is 5.01. The van der Waals surface area contributed by atoms with Crippen LogP contribution in [0.3, 0.4) is 0 Å². The molecule has 1 aliphatic rings. The number of nitrogens with one attached hydrogen (secondary N) is 1. The number of ether oxygens (including phenoxy) is 1. The van der Waals surface area contributed by atoms with Crippen LogP contribution in [0, 0.1) is 0 Å². The quantitative estimate of drug-likeness (QED) is 0.389. The average Bonchev–Trinajstić information content (AvgIpc) is 2.30. The largest absolute Gasteiger partial charge is 0.380 e. The van der Waals surface area contributed by atoms with Gasteiger partial charge in [0.2, 0.25) is 0 Å². The summed E-state index contributed by atoms with van der Waals surface area (Å²) in [6.45, 7) is 3.77. The van der Waals surface area contributed by atoms with E-state index >= 15 is 0 Å². The smallest absolute Gasteiger partial charge is 0.251 e. The molecule has 2 unspecified atom stereocenters. The fraction of sp³-hybridized carbons (Fsp3) is 0.900. The molecular weight excluding hydrogens is 194 g/mol. The number of amides is 1. The van der Waals surface area contributed by atoms with E-state index in [4.69, 9.17) is 10.6 Å². The molecule has 2 atom stereocenters. The summed E-state index contributed by atoms with van der Waals surface area (Å²) in [6, 6.07) is -0.118. The van der Waals surface area contributed by atoms with E-state index in [0.29, 0.717) is 0 Å². The molecule has 0 spiro atoms. The Balaban J connectivity index is 2.55. The summed E-state index contributed by atoms with van der Waals surface area (Å²) in [6.07, 6.45) is 3.18. The zero-order valence-electron chi connectivity index (χ0n) is 9.53. The van der Waals surface area contributed by atoms with Crippen LogP contribution < -0.4 is 11.3 Å². The summed E-state index contributed by atoms with van der Waals surface area (Å²) in [5.41, 5.74) is 2.22. The third-order valence-corrected chi connectivity index (χ3v) is 3.02. The molecule has 5 heteroatoms. The Labute approximate surface area is 90.9 Å². The second-order valence-corrected chi connectivity index (χ2v) is 3.93. The van der Waals surface area contributed by atoms with Crippen LogP contribution in [0.15, 0.2) is 0 Å². The van der Waals surface area contributed by atoms with Gasteiger partial charge in [-0.25, -0.2) is 5.84 Å². The van der Waals surface area contributed by atoms with E-state index in [0.717, 1.165) is 32.4 Å². The zero-order valence-corrected chi connectivity index (χ0v) is 9.53. The first-order valence-corrected chi connectivity index (χ1v) is 5.50. The van der Waals surface area contributed by atoms with Gasteiger partial charge in [0, 0.05) is 13.7 Å². The summed E-state index contributed by atoms with van der Waals surface area (Å²) < 4.78 is 5.32. The maximum absolute atomic E-state index is 11.5. The minimum Gasteiger partial charge on any atom is -0.380 e. The van der Waals surface area contributed by atoms with Gasteiger partial charge in [-0.3, -0.25) is 15.1 Å². The van der Waals surface area contributed by atoms with E-state index < -0.39 is 0 Å². The summed E-state index contributed by atoms with van der Waals surface area (Å²) in [5, 5.41) is 0. The molecule has 1 heterocycles. The van der Waals surface area contributed by atoms with Crippen LogP contribution in [0.1, 0.15) is 26.2 Å². The fourth-order valence-corrected chi connectivity index (χ4v) is 2.15. The second kappa shape index (κ2) is 6.05. The van der Waals surface area contributed by atoms with Gasteiger partial charge < -0.3 is 4.74 Å². The van der Waals surface area contributed by atoms with Crippen molar-refractivity contribution in [1.29, 1.82) is 0 Å². The lowest BCUT2D eigenvalue weighted by atomic mass is 10.0. The third-order valence-electron chi connectivity index (χ3n) is 3.02. The minimum absolute atomic E-state index is 0.103. The molecule has 88 valence electrons. The molecule has 15 heavy (non-hydrogen) atoms. The Bertz CT molecular complexity index is 211. The predicted octanol–water partition coefficient (Wildman–Crippen LogP) is -0.134. The number of hydrogen-bond donors (Lipinski definition) is 2. The molecule has 5 nitrogen and oxygen atoms in total. The van der Waals surface area contributed by atoms with Crippen molar-refractivity contribution in [2.24, 2.45) is 5.84 Å². The standard InChI is InChI=1S/C10H21N3O2/c1-3-9(10(14)12-11)13-6-4-5-8(7-13)15-2/h8-9H,3-7,11H2,1-2H3,(H,12,14). The number of piperidine rings is 1. The summed E-state index contributed by atoms with van der Waals surface area (Å²) >= 11 is 0. The van der Waals surface area contributed by atoms with Gasteiger partial charge in [-0.2, -0.15) is 0 Å². The molecule has 1 amide bonds. The van der Waals surface area contributed by atoms with Crippen molar-refractivity contribution in [3.63, 3.8) is 0 Å². The molecule has 1 saturated heterocycles. The lowest BCUT2D eigenvalue weighted by Crippen LogP contribution is -2.53. The van der Waals surface area contributed by atoms with Crippen molar-refractivity contribution < 1.29 is 9.53 Å². The lowest BCUT2D eigenvalue weighted by molar-refractivity contribution is -0.128. The van der Waals surface area contributed by atoms with Crippen LogP contribution in [0.25, 0.3) is 0 Å². The van der Waals surface area contributed by atoms with E-state index in [1.54, 1.807) is 7.11 Å². The third kappa shape index (κ3) is 3.15. The van der Waals surface area contributed by atoms with Crippen molar-refractivity contribution in [3.8, 4) is 0 Å². The van der Waals surface area contributed by atoms with Gasteiger partial charge >= 0.3 is 0 Å². The van der Waals surface area contributed by atoms with Crippen molar-refractivity contribution >= 4 is 5.91 Å². The van der Waals surface area contributed by atoms with Crippen LogP contribution in [0.5, 0.6) is 0 Å². The molecule has 0 aromatic heterocycles. The first-order valence-electron chi connectivity index (χ1n) is 5.50. The summed E-state index contributed by atoms with van der Waals surface area (Å²) in [4.78, 5) is 13.7. The predicted molar refractivity (Wildman–Crippen MR) is 58.0 cm³/mol. The van der Waals surface area contributed by atoms with E-state index in [1.807, 2.05) is 6.92 Å². The Morgan fingerprint density at radius 1 is 1.73 bits per heavy atom. The van der Waals surface area contributed by atoms with Gasteiger partial charge in [0.15, 0.2) is 0 Å². The first-order chi connectivity index (χ1) is 7.22. The van der Waals surface area contributed by atoms with Crippen molar-refractivity contribution in [1.82, 2.24) is 10.3 Å². The number of hydrogen-bond acceptors (Lipinski definition) is 4. The Hall–Kier alpha value is -0.650. The molecule has 1 fully saturated rings. The molecule has 1 aliphatic heterocycles. The van der Waals surface area contributed by atoms with Gasteiger partial charge in [0.1, 0.15) is 0 Å². The molecule has 0 bridgehead atoms. The molecular formula is C10H21N3O2. The number of nitrogens with two attached hydrogens (primary N) is 1. The fourth-order valence-electron chi connectivity index (χ4n) is 2.15. The number of hydrazine groups is 1. The maximum Gasteiger partial charge on any atom is 0.251 e. The van der Waals surface area contributed by atoms with E-state index in [2.05, 4.69) is 10.3 Å². The number of rotatable bonds is 4. The van der Waals surface area contributed by atoms with Crippen molar-refractivity contribution in [3.05, 3.63) is 0 Å². The molecule has 0 saturated carbocycles. The van der Waals surface area contributed by atoms with Crippen LogP contribution in [-0.2, 0) is 9.53 Å². The first kappa shape index (κ1) is 12.4. The highest BCUT2D eigenvalue weighted by Gasteiger charge is 2.28. The highest BCUT2D eigenvalue weighted by molar-refractivity contribution is 5.81. The number of nitrogens with zero attached hydrogens (tertiary/aromatic N) is 1. The van der Waals surface area contributed by atoms with Crippen LogP contribution in [-0.4, -0.2) is 43.2 Å². The maximum atomic E-state index is 11.5. The highest BCUT2D eigenvalue weighted by atomic mass is 16.5. The second-order valence-electron chi connectivity index (χ2n) is 3.93. The van der Waals surface area contributed by atoms with E-state index in [1.165, 1.54) is 0 Å². The molecule has 0 radical (unpaired) electrons. The Morgan fingerprint density at radius 3 is 3.00 bits per heavy atom. The van der Waals surface area contributed by atoms with E-state index in [9.17, 15) is 4.79 Å². The van der Waals surface area contributed by atoms with Gasteiger partial charge in [-0.15, -0.1) is 0 Å². The van der Waals surface area contributed by atoms with Crippen molar-refractivity contribution in [2.45, 2.75) is 38.3 Å². The molecule has 0 aromatic carbocycles. The Morgan fingerprint density at radius 2 is 2.47 bits per heavy atom. The van der Waals surface area contributed by atoms with Crippen LogP contribution in [0.4, 0.5) is 0 Å². The van der Waals surface area contributed by atoms with Crippen LogP contribution in [0.2, 0.25) is 0 Å². The van der Waals surface area contributed by atoms with Gasteiger partial charge in [0.05, 0.1) is 12.1 Å². The monoisotopic (exact) mass is 215 g/mol. The lowest BCUT2D eigenvalue weighted by Gasteiger charge is -2.36. The average molecular weight is 215 g/mol. The van der Waals surface area contributed by atoms with E-state index in [-0.39, 0.29) is 18.1 Å². The molecule has 3 N–H and O–H groups in total. The SMILES string of the molecule is CCC(C(=O)NN)N1CCCC(OC)C1. The summed E-state index contributed by atoms with van der Waals surface area (Å²) in [7, 11) is 1.72. The highest BCUT2D eigenvalue weighted by Crippen LogP contribution is 2.16. The van der Waals surface area contributed by atoms with Gasteiger partial charge in [-0.1, -0.05) is 6.92 Å². The van der Waals surface area contributed by atoms with Gasteiger partial charge in [-0.05, 0) is 25.8 Å². The number of likely N-dealkylation sites (tertiary alicyclic amines) is 1. The molecule has 0 aliphatic carbocycles. The summed E-state index contributed by atoms with van der Waals surface area (Å²) in [5.74, 6) is 5.06. The normalized spacial score (nSPS) is 24.9. The van der Waals surface area contributed by atoms with Crippen LogP contribution >= 0.6 is 0 Å². The van der Waals surface area contributed by atoms with Gasteiger partial charge in [0.25, 0.3) is 5.91 Å². The minimum atomic E-state index is -0.118. The number of methoxy groups -OCH3 is 1. The molecule has 1 rings (SSSR count). The number of carbonyl (C=O) groups excluding carboxylic acids is 1. The van der Waals surface area contributed by atoms with Crippen molar-refractivity contribution in [2.75, 3.05) is 20.2 Å². The topological polar surface area (TPSA) is 67.6 Å².